The largest absolute Gasteiger partial charge is 0.496 e. The summed E-state index contributed by atoms with van der Waals surface area (Å²) in [6, 6.07) is 10.7. The van der Waals surface area contributed by atoms with Crippen LogP contribution in [-0.2, 0) is 11.2 Å². The summed E-state index contributed by atoms with van der Waals surface area (Å²) in [7, 11) is 1.71. The number of ether oxygens (including phenoxy) is 2. The summed E-state index contributed by atoms with van der Waals surface area (Å²) < 4.78 is 30.0. The second kappa shape index (κ2) is 8.61. The zero-order chi connectivity index (χ0) is 23.4. The number of fused-ring (bicyclic) bond motifs is 3. The molecule has 3 aliphatic rings. The lowest BCUT2D eigenvalue weighted by molar-refractivity contribution is -0.0366. The number of aromatic nitrogens is 2. The van der Waals surface area contributed by atoms with Gasteiger partial charge in [0.2, 0.25) is 0 Å². The molecule has 1 unspecified atom stereocenters. The summed E-state index contributed by atoms with van der Waals surface area (Å²) in [6.45, 7) is 3.46. The van der Waals surface area contributed by atoms with E-state index in [0.29, 0.717) is 19.4 Å². The SMILES string of the molecule is COc1cc(Br)ccc1[C@@H]1c2ccc3c(cnn3C3CCCCO3)c2C[C@@H](C)N1CC1(F)CC1. The number of hydrogen-bond donors (Lipinski definition) is 0. The first-order chi connectivity index (χ1) is 16.5. The van der Waals surface area contributed by atoms with Crippen LogP contribution in [0.5, 0.6) is 5.75 Å². The Bertz CT molecular complexity index is 1220. The van der Waals surface area contributed by atoms with Gasteiger partial charge in [0.1, 0.15) is 11.4 Å². The van der Waals surface area contributed by atoms with Crippen LogP contribution in [0.1, 0.15) is 68.0 Å². The molecular weight excluding hydrogens is 497 g/mol. The molecule has 180 valence electrons. The smallest absolute Gasteiger partial charge is 0.150 e. The molecule has 2 aliphatic heterocycles. The van der Waals surface area contributed by atoms with E-state index >= 15 is 4.39 Å². The third-order valence-corrected chi connectivity index (χ3v) is 8.29. The minimum Gasteiger partial charge on any atom is -0.496 e. The van der Waals surface area contributed by atoms with Crippen molar-refractivity contribution in [1.29, 1.82) is 0 Å². The Labute approximate surface area is 208 Å². The van der Waals surface area contributed by atoms with Gasteiger partial charge in [0, 0.05) is 34.6 Å². The molecule has 2 fully saturated rings. The highest BCUT2D eigenvalue weighted by Gasteiger charge is 2.48. The second-order valence-electron chi connectivity index (χ2n) is 10.1. The molecule has 6 rings (SSSR count). The number of benzene rings is 2. The zero-order valence-electron chi connectivity index (χ0n) is 19.8. The number of alkyl halides is 1. The standard InChI is InChI=1S/C27H31BrFN3O2/c1-17-13-21-19(8-9-23-22(21)15-30-32(23)25-5-3-4-12-34-25)26(31(17)16-27(29)10-11-27)20-7-6-18(28)14-24(20)33-2/h6-9,14-15,17,25-26H,3-5,10-13,16H2,1-2H3/t17-,25?,26+/m1/s1. The lowest BCUT2D eigenvalue weighted by atomic mass is 9.83. The van der Waals surface area contributed by atoms with E-state index in [4.69, 9.17) is 14.6 Å². The molecule has 0 bridgehead atoms. The Morgan fingerprint density at radius 2 is 2.03 bits per heavy atom. The first-order valence-electron chi connectivity index (χ1n) is 12.4. The van der Waals surface area contributed by atoms with E-state index in [9.17, 15) is 0 Å². The van der Waals surface area contributed by atoms with Crippen LogP contribution in [0, 0.1) is 0 Å². The first kappa shape index (κ1) is 22.5. The molecule has 3 atom stereocenters. The van der Waals surface area contributed by atoms with Gasteiger partial charge < -0.3 is 9.47 Å². The average Bonchev–Trinajstić information content (AvgIpc) is 3.41. The molecule has 0 amide bonds. The summed E-state index contributed by atoms with van der Waals surface area (Å²) in [5.74, 6) is 0.819. The molecule has 3 heterocycles. The Morgan fingerprint density at radius 3 is 2.76 bits per heavy atom. The van der Waals surface area contributed by atoms with Gasteiger partial charge >= 0.3 is 0 Å². The number of nitrogens with zero attached hydrogens (tertiary/aromatic N) is 3. The molecule has 5 nitrogen and oxygen atoms in total. The van der Waals surface area contributed by atoms with Crippen LogP contribution in [0.25, 0.3) is 10.9 Å². The Morgan fingerprint density at radius 1 is 1.21 bits per heavy atom. The van der Waals surface area contributed by atoms with Gasteiger partial charge in [-0.3, -0.25) is 4.90 Å². The fourth-order valence-corrected chi connectivity index (χ4v) is 6.14. The first-order valence-corrected chi connectivity index (χ1v) is 13.2. The highest BCUT2D eigenvalue weighted by atomic mass is 79.9. The van der Waals surface area contributed by atoms with Gasteiger partial charge in [-0.1, -0.05) is 28.1 Å². The van der Waals surface area contributed by atoms with Crippen LogP contribution >= 0.6 is 15.9 Å². The quantitative estimate of drug-likeness (QED) is 0.387. The normalized spacial score (nSPS) is 26.4. The summed E-state index contributed by atoms with van der Waals surface area (Å²) in [5, 5.41) is 5.95. The minimum absolute atomic E-state index is 0.00504. The number of halogens is 2. The second-order valence-corrected chi connectivity index (χ2v) is 11.1. The van der Waals surface area contributed by atoms with E-state index < -0.39 is 5.67 Å². The molecule has 1 aliphatic carbocycles. The van der Waals surface area contributed by atoms with Crippen molar-refractivity contribution in [1.82, 2.24) is 14.7 Å². The summed E-state index contributed by atoms with van der Waals surface area (Å²) in [5.41, 5.74) is 3.66. The maximum atomic E-state index is 15.1. The predicted octanol–water partition coefficient (Wildman–Crippen LogP) is 6.34. The highest BCUT2D eigenvalue weighted by Crippen LogP contribution is 2.48. The van der Waals surface area contributed by atoms with Crippen molar-refractivity contribution in [3.8, 4) is 5.75 Å². The van der Waals surface area contributed by atoms with Gasteiger partial charge in [0.15, 0.2) is 6.23 Å². The molecule has 0 N–H and O–H groups in total. The summed E-state index contributed by atoms with van der Waals surface area (Å²) >= 11 is 3.58. The van der Waals surface area contributed by atoms with Crippen LogP contribution in [0.4, 0.5) is 4.39 Å². The van der Waals surface area contributed by atoms with Crippen molar-refractivity contribution in [3.63, 3.8) is 0 Å². The maximum Gasteiger partial charge on any atom is 0.150 e. The van der Waals surface area contributed by atoms with Gasteiger partial charge in [-0.15, -0.1) is 0 Å². The molecule has 7 heteroatoms. The van der Waals surface area contributed by atoms with E-state index in [0.717, 1.165) is 47.2 Å². The summed E-state index contributed by atoms with van der Waals surface area (Å²) in [6.07, 6.45) is 7.46. The topological polar surface area (TPSA) is 39.5 Å². The van der Waals surface area contributed by atoms with Crippen LogP contribution in [0.15, 0.2) is 41.0 Å². The third-order valence-electron chi connectivity index (χ3n) is 7.80. The van der Waals surface area contributed by atoms with E-state index in [1.54, 1.807) is 7.11 Å². The van der Waals surface area contributed by atoms with E-state index in [-0.39, 0.29) is 18.3 Å². The zero-order valence-corrected chi connectivity index (χ0v) is 21.4. The van der Waals surface area contributed by atoms with Crippen molar-refractivity contribution in [2.24, 2.45) is 0 Å². The molecule has 3 aromatic rings. The van der Waals surface area contributed by atoms with Gasteiger partial charge in [-0.25, -0.2) is 9.07 Å². The van der Waals surface area contributed by atoms with Gasteiger partial charge in [0.05, 0.1) is 24.9 Å². The Kier molecular flexibility index (Phi) is 5.70. The van der Waals surface area contributed by atoms with Crippen LogP contribution < -0.4 is 4.74 Å². The van der Waals surface area contributed by atoms with Crippen molar-refractivity contribution < 1.29 is 13.9 Å². The number of methoxy groups -OCH3 is 1. The fraction of sp³-hybridized carbons (Fsp3) is 0.519. The molecule has 2 aromatic carbocycles. The fourth-order valence-electron chi connectivity index (χ4n) is 5.80. The number of rotatable bonds is 5. The monoisotopic (exact) mass is 527 g/mol. The molecule has 34 heavy (non-hydrogen) atoms. The Balaban J connectivity index is 1.49. The molecule has 0 radical (unpaired) electrons. The molecule has 1 aromatic heterocycles. The lowest BCUT2D eigenvalue weighted by Gasteiger charge is -2.43. The van der Waals surface area contributed by atoms with Crippen LogP contribution in [-0.4, -0.2) is 46.7 Å². The van der Waals surface area contributed by atoms with Crippen molar-refractivity contribution in [2.75, 3.05) is 20.3 Å². The Hall–Kier alpha value is -1.96. The lowest BCUT2D eigenvalue weighted by Crippen LogP contribution is -2.46. The summed E-state index contributed by atoms with van der Waals surface area (Å²) in [4.78, 5) is 2.35. The van der Waals surface area contributed by atoms with E-state index in [2.05, 4.69) is 50.6 Å². The van der Waals surface area contributed by atoms with Gasteiger partial charge in [0.25, 0.3) is 0 Å². The van der Waals surface area contributed by atoms with Crippen LogP contribution in [0.2, 0.25) is 0 Å². The molecule has 1 saturated heterocycles. The molecule has 1 saturated carbocycles. The minimum atomic E-state index is -1.07. The maximum absolute atomic E-state index is 15.1. The van der Waals surface area contributed by atoms with Gasteiger partial charge in [-0.2, -0.15) is 5.10 Å². The highest BCUT2D eigenvalue weighted by molar-refractivity contribution is 9.10. The number of hydrogen-bond acceptors (Lipinski definition) is 4. The van der Waals surface area contributed by atoms with Crippen LogP contribution in [0.3, 0.4) is 0 Å². The van der Waals surface area contributed by atoms with E-state index in [1.807, 2.05) is 18.3 Å². The molecular formula is C27H31BrFN3O2. The predicted molar refractivity (Wildman–Crippen MR) is 134 cm³/mol. The van der Waals surface area contributed by atoms with Crippen molar-refractivity contribution in [2.45, 2.75) is 69.4 Å². The molecule has 0 spiro atoms. The van der Waals surface area contributed by atoms with Crippen molar-refractivity contribution >= 4 is 26.8 Å². The third kappa shape index (κ3) is 3.86. The average molecular weight is 528 g/mol. The van der Waals surface area contributed by atoms with Gasteiger partial charge in [-0.05, 0) is 74.8 Å². The van der Waals surface area contributed by atoms with Crippen molar-refractivity contribution in [3.05, 3.63) is 57.7 Å². The van der Waals surface area contributed by atoms with E-state index in [1.165, 1.54) is 22.9 Å².